The van der Waals surface area contributed by atoms with Gasteiger partial charge >= 0.3 is 0 Å². The quantitative estimate of drug-likeness (QED) is 0.621. The smallest absolute Gasteiger partial charge is 0.102 e. The second-order valence-electron chi connectivity index (χ2n) is 3.53. The van der Waals surface area contributed by atoms with Crippen LogP contribution < -0.4 is 5.32 Å². The molecule has 1 rings (SSSR count). The molecular formula is C13H16N2S. The minimum absolute atomic E-state index is 0.703. The van der Waals surface area contributed by atoms with E-state index in [1.54, 1.807) is 11.8 Å². The highest BCUT2D eigenvalue weighted by Gasteiger charge is 2.07. The number of nitriles is 1. The van der Waals surface area contributed by atoms with Crippen LogP contribution in [-0.4, -0.2) is 12.3 Å². The van der Waals surface area contributed by atoms with E-state index in [0.29, 0.717) is 6.54 Å². The van der Waals surface area contributed by atoms with E-state index in [1.807, 2.05) is 25.1 Å². The molecule has 0 aliphatic rings. The van der Waals surface area contributed by atoms with Gasteiger partial charge in [-0.15, -0.1) is 11.8 Å². The number of anilines is 1. The maximum Gasteiger partial charge on any atom is 0.102 e. The Kier molecular flexibility index (Phi) is 4.94. The van der Waals surface area contributed by atoms with Gasteiger partial charge in [0.1, 0.15) is 6.07 Å². The maximum atomic E-state index is 9.17. The van der Waals surface area contributed by atoms with Gasteiger partial charge < -0.3 is 5.32 Å². The van der Waals surface area contributed by atoms with Gasteiger partial charge in [-0.05, 0) is 24.8 Å². The van der Waals surface area contributed by atoms with E-state index in [4.69, 9.17) is 5.26 Å². The Morgan fingerprint density at radius 3 is 2.88 bits per heavy atom. The van der Waals surface area contributed by atoms with Crippen molar-refractivity contribution < 1.29 is 0 Å². The lowest BCUT2D eigenvalue weighted by Gasteiger charge is -2.10. The highest BCUT2D eigenvalue weighted by atomic mass is 32.2. The average molecular weight is 232 g/mol. The Morgan fingerprint density at radius 2 is 2.31 bits per heavy atom. The number of rotatable bonds is 5. The van der Waals surface area contributed by atoms with Crippen LogP contribution in [0.2, 0.25) is 0 Å². The first-order valence-electron chi connectivity index (χ1n) is 5.23. The molecule has 16 heavy (non-hydrogen) atoms. The lowest BCUT2D eigenvalue weighted by molar-refractivity contribution is 1.20. The van der Waals surface area contributed by atoms with Gasteiger partial charge in [0.15, 0.2) is 0 Å². The lowest BCUT2D eigenvalue weighted by Crippen LogP contribution is -2.04. The normalized spacial score (nSPS) is 9.56. The Morgan fingerprint density at radius 1 is 1.56 bits per heavy atom. The average Bonchev–Trinajstić information content (AvgIpc) is 2.27. The van der Waals surface area contributed by atoms with Gasteiger partial charge in [-0.3, -0.25) is 0 Å². The first-order chi connectivity index (χ1) is 7.69. The summed E-state index contributed by atoms with van der Waals surface area (Å²) in [6.45, 7) is 8.58. The van der Waals surface area contributed by atoms with Crippen LogP contribution in [0.3, 0.4) is 0 Å². The highest BCUT2D eigenvalue weighted by molar-refractivity contribution is 7.99. The van der Waals surface area contributed by atoms with E-state index in [9.17, 15) is 0 Å². The monoisotopic (exact) mass is 232 g/mol. The van der Waals surface area contributed by atoms with Crippen molar-refractivity contribution in [2.24, 2.45) is 0 Å². The van der Waals surface area contributed by atoms with E-state index in [-0.39, 0.29) is 0 Å². The summed E-state index contributed by atoms with van der Waals surface area (Å²) in [4.78, 5) is 1.04. The van der Waals surface area contributed by atoms with Crippen molar-refractivity contribution in [1.82, 2.24) is 0 Å². The Bertz CT molecular complexity index is 418. The molecule has 0 bridgehead atoms. The summed E-state index contributed by atoms with van der Waals surface area (Å²) in [5.41, 5.74) is 2.68. The lowest BCUT2D eigenvalue weighted by atomic mass is 10.2. The summed E-state index contributed by atoms with van der Waals surface area (Å²) in [5, 5.41) is 12.4. The van der Waals surface area contributed by atoms with Crippen molar-refractivity contribution in [3.63, 3.8) is 0 Å². The predicted octanol–water partition coefficient (Wildman–Crippen LogP) is 3.66. The second-order valence-corrected chi connectivity index (χ2v) is 4.84. The summed E-state index contributed by atoms with van der Waals surface area (Å²) in [7, 11) is 0. The number of hydrogen-bond acceptors (Lipinski definition) is 3. The van der Waals surface area contributed by atoms with Crippen LogP contribution in [0, 0.1) is 11.3 Å². The van der Waals surface area contributed by atoms with Crippen LogP contribution in [-0.2, 0) is 0 Å². The fraction of sp³-hybridized carbons (Fsp3) is 0.308. The van der Waals surface area contributed by atoms with E-state index < -0.39 is 0 Å². The summed E-state index contributed by atoms with van der Waals surface area (Å²) in [6.07, 6.45) is 0. The fourth-order valence-corrected chi connectivity index (χ4v) is 2.10. The number of hydrogen-bond donors (Lipinski definition) is 1. The molecule has 3 heteroatoms. The molecule has 0 spiro atoms. The van der Waals surface area contributed by atoms with E-state index in [1.165, 1.54) is 0 Å². The fourth-order valence-electron chi connectivity index (χ4n) is 1.32. The first-order valence-corrected chi connectivity index (χ1v) is 6.21. The maximum absolute atomic E-state index is 9.17. The molecule has 0 fully saturated rings. The van der Waals surface area contributed by atoms with Crippen molar-refractivity contribution in [2.75, 3.05) is 17.6 Å². The van der Waals surface area contributed by atoms with Crippen LogP contribution in [0.5, 0.6) is 0 Å². The molecule has 1 aromatic rings. The molecule has 0 saturated carbocycles. The number of benzene rings is 1. The van der Waals surface area contributed by atoms with E-state index >= 15 is 0 Å². The second kappa shape index (κ2) is 6.24. The molecule has 84 valence electrons. The minimum Gasteiger partial charge on any atom is -0.380 e. The molecule has 0 unspecified atom stereocenters. The van der Waals surface area contributed by atoms with Crippen LogP contribution in [0.15, 0.2) is 35.2 Å². The van der Waals surface area contributed by atoms with Gasteiger partial charge in [-0.1, -0.05) is 25.1 Å². The molecule has 2 nitrogen and oxygen atoms in total. The van der Waals surface area contributed by atoms with E-state index in [0.717, 1.165) is 27.5 Å². The van der Waals surface area contributed by atoms with Crippen molar-refractivity contribution in [2.45, 2.75) is 18.7 Å². The third-order valence-electron chi connectivity index (χ3n) is 2.02. The molecule has 0 radical (unpaired) electrons. The molecule has 0 saturated heterocycles. The molecule has 1 N–H and O–H groups in total. The number of thioether (sulfide) groups is 1. The third kappa shape index (κ3) is 3.32. The SMILES string of the molecule is C=C(C)CNc1cccc(SCC)c1C#N. The molecule has 0 amide bonds. The molecule has 0 aliphatic carbocycles. The summed E-state index contributed by atoms with van der Waals surface area (Å²) in [5.74, 6) is 0.971. The van der Waals surface area contributed by atoms with Crippen LogP contribution in [0.25, 0.3) is 0 Å². The van der Waals surface area contributed by atoms with E-state index in [2.05, 4.69) is 24.9 Å². The molecule has 1 aromatic carbocycles. The van der Waals surface area contributed by atoms with Crippen molar-refractivity contribution in [1.29, 1.82) is 5.26 Å². The zero-order valence-electron chi connectivity index (χ0n) is 9.71. The predicted molar refractivity (Wildman–Crippen MR) is 70.9 cm³/mol. The molecule has 0 aromatic heterocycles. The first kappa shape index (κ1) is 12.7. The zero-order chi connectivity index (χ0) is 12.0. The summed E-state index contributed by atoms with van der Waals surface area (Å²) >= 11 is 1.69. The van der Waals surface area contributed by atoms with Gasteiger partial charge in [0.2, 0.25) is 0 Å². The summed E-state index contributed by atoms with van der Waals surface area (Å²) < 4.78 is 0. The molecule has 0 atom stereocenters. The van der Waals surface area contributed by atoms with Crippen molar-refractivity contribution >= 4 is 17.4 Å². The third-order valence-corrected chi connectivity index (χ3v) is 2.96. The number of nitrogens with zero attached hydrogens (tertiary/aromatic N) is 1. The Balaban J connectivity index is 2.95. The van der Waals surface area contributed by atoms with Crippen molar-refractivity contribution in [3.05, 3.63) is 35.9 Å². The molecular weight excluding hydrogens is 216 g/mol. The Hall–Kier alpha value is -1.40. The van der Waals surface area contributed by atoms with Crippen LogP contribution in [0.1, 0.15) is 19.4 Å². The van der Waals surface area contributed by atoms with Crippen LogP contribution >= 0.6 is 11.8 Å². The van der Waals surface area contributed by atoms with Gasteiger partial charge in [0.05, 0.1) is 11.3 Å². The zero-order valence-corrected chi connectivity index (χ0v) is 10.5. The van der Waals surface area contributed by atoms with Crippen LogP contribution in [0.4, 0.5) is 5.69 Å². The molecule has 0 heterocycles. The largest absolute Gasteiger partial charge is 0.380 e. The topological polar surface area (TPSA) is 35.8 Å². The van der Waals surface area contributed by atoms with Crippen molar-refractivity contribution in [3.8, 4) is 6.07 Å². The summed E-state index contributed by atoms with van der Waals surface area (Å²) in [6, 6.07) is 8.15. The Labute approximate surface area is 101 Å². The molecule has 0 aliphatic heterocycles. The van der Waals surface area contributed by atoms with Gasteiger partial charge in [-0.25, -0.2) is 0 Å². The minimum atomic E-state index is 0.703. The van der Waals surface area contributed by atoms with Gasteiger partial charge in [0.25, 0.3) is 0 Å². The number of nitrogens with one attached hydrogen (secondary N) is 1. The van der Waals surface area contributed by atoms with Gasteiger partial charge in [0, 0.05) is 11.4 Å². The van der Waals surface area contributed by atoms with Gasteiger partial charge in [-0.2, -0.15) is 5.26 Å². The highest BCUT2D eigenvalue weighted by Crippen LogP contribution is 2.27. The standard InChI is InChI=1S/C13H16N2S/c1-4-16-13-7-5-6-12(11(13)8-14)15-9-10(2)3/h5-7,15H,2,4,9H2,1,3H3.